The van der Waals surface area contributed by atoms with E-state index >= 15 is 0 Å². The summed E-state index contributed by atoms with van der Waals surface area (Å²) in [6.45, 7) is 5.68. The van der Waals surface area contributed by atoms with Gasteiger partial charge in [0.05, 0.1) is 0 Å². The molecule has 1 aromatic rings. The maximum absolute atomic E-state index is 12.4. The standard InChI is InChI=1S/C17H25N3O2S.ClH/c1-17(11-18)6-8-20(12-17)16(22)3-2-15(21)19-7-4-14-13(10-19)5-9-23-14;/h5,9H,2-4,6-8,10-12,18H2,1H3;1H. The predicted octanol–water partition coefficient (Wildman–Crippen LogP) is 2.03. The van der Waals surface area contributed by atoms with Crippen LogP contribution < -0.4 is 5.73 Å². The van der Waals surface area contributed by atoms with Crippen molar-refractivity contribution in [1.82, 2.24) is 9.80 Å². The lowest BCUT2D eigenvalue weighted by Gasteiger charge is -2.27. The van der Waals surface area contributed by atoms with Gasteiger partial charge >= 0.3 is 0 Å². The molecule has 0 saturated carbocycles. The van der Waals surface area contributed by atoms with Gasteiger partial charge in [-0.05, 0) is 41.8 Å². The van der Waals surface area contributed by atoms with Gasteiger partial charge in [-0.25, -0.2) is 0 Å². The van der Waals surface area contributed by atoms with Crippen molar-refractivity contribution < 1.29 is 9.59 Å². The van der Waals surface area contributed by atoms with E-state index in [9.17, 15) is 9.59 Å². The fourth-order valence-corrected chi connectivity index (χ4v) is 4.28. The third kappa shape index (κ3) is 4.10. The zero-order valence-corrected chi connectivity index (χ0v) is 15.8. The summed E-state index contributed by atoms with van der Waals surface area (Å²) in [6.07, 6.45) is 2.52. The molecule has 5 nitrogen and oxygen atoms in total. The van der Waals surface area contributed by atoms with Gasteiger partial charge in [-0.15, -0.1) is 23.7 Å². The highest BCUT2D eigenvalue weighted by molar-refractivity contribution is 7.10. The molecule has 1 unspecified atom stereocenters. The molecule has 0 radical (unpaired) electrons. The van der Waals surface area contributed by atoms with Gasteiger partial charge in [-0.1, -0.05) is 6.92 Å². The molecule has 0 aromatic carbocycles. The first-order valence-electron chi connectivity index (χ1n) is 8.32. The molecule has 1 fully saturated rings. The van der Waals surface area contributed by atoms with Crippen LogP contribution in [0, 0.1) is 5.41 Å². The minimum atomic E-state index is 0. The van der Waals surface area contributed by atoms with E-state index in [0.29, 0.717) is 25.9 Å². The van der Waals surface area contributed by atoms with Crippen LogP contribution in [0.4, 0.5) is 0 Å². The highest BCUT2D eigenvalue weighted by Gasteiger charge is 2.34. The van der Waals surface area contributed by atoms with E-state index < -0.39 is 0 Å². The molecular formula is C17H26ClN3O2S. The van der Waals surface area contributed by atoms with Crippen LogP contribution in [0.5, 0.6) is 0 Å². The molecule has 3 heterocycles. The third-order valence-corrected chi connectivity index (χ3v) is 6.14. The van der Waals surface area contributed by atoms with E-state index in [-0.39, 0.29) is 29.6 Å². The van der Waals surface area contributed by atoms with E-state index in [2.05, 4.69) is 18.4 Å². The number of halogens is 1. The van der Waals surface area contributed by atoms with Gasteiger partial charge in [-0.2, -0.15) is 0 Å². The molecule has 2 aliphatic heterocycles. The van der Waals surface area contributed by atoms with Gasteiger partial charge in [0.1, 0.15) is 0 Å². The monoisotopic (exact) mass is 371 g/mol. The van der Waals surface area contributed by atoms with Crippen LogP contribution in [0.1, 0.15) is 36.6 Å². The van der Waals surface area contributed by atoms with Crippen LogP contribution in [0.2, 0.25) is 0 Å². The van der Waals surface area contributed by atoms with E-state index in [0.717, 1.165) is 32.5 Å². The first kappa shape index (κ1) is 19.2. The van der Waals surface area contributed by atoms with Crippen molar-refractivity contribution >= 4 is 35.6 Å². The summed E-state index contributed by atoms with van der Waals surface area (Å²) in [6, 6.07) is 2.10. The van der Waals surface area contributed by atoms with Gasteiger partial charge in [0, 0.05) is 43.9 Å². The van der Waals surface area contributed by atoms with Gasteiger partial charge in [0.15, 0.2) is 0 Å². The Morgan fingerprint density at radius 2 is 1.96 bits per heavy atom. The fraction of sp³-hybridized carbons (Fsp3) is 0.647. The summed E-state index contributed by atoms with van der Waals surface area (Å²) in [5.74, 6) is 0.180. The normalized spacial score (nSPS) is 22.9. The SMILES string of the molecule is CC1(CN)CCN(C(=O)CCC(=O)N2CCc3sccc3C2)C1.Cl. The molecule has 3 rings (SSSR count). The second kappa shape index (κ2) is 7.85. The van der Waals surface area contributed by atoms with Crippen molar-refractivity contribution in [2.75, 3.05) is 26.2 Å². The number of carbonyl (C=O) groups excluding carboxylic acids is 2. The van der Waals surface area contributed by atoms with Crippen LogP contribution in [0.15, 0.2) is 11.4 Å². The third-order valence-electron chi connectivity index (χ3n) is 5.12. The van der Waals surface area contributed by atoms with E-state index in [4.69, 9.17) is 5.73 Å². The van der Waals surface area contributed by atoms with Gasteiger partial charge in [0.25, 0.3) is 0 Å². The molecule has 1 atom stereocenters. The lowest BCUT2D eigenvalue weighted by Crippen LogP contribution is -2.37. The second-order valence-electron chi connectivity index (χ2n) is 7.01. The molecule has 134 valence electrons. The molecule has 7 heteroatoms. The Bertz CT molecular complexity index is 606. The molecule has 0 aliphatic carbocycles. The van der Waals surface area contributed by atoms with Crippen LogP contribution in [-0.2, 0) is 22.6 Å². The smallest absolute Gasteiger partial charge is 0.223 e. The topological polar surface area (TPSA) is 66.6 Å². The Morgan fingerprint density at radius 1 is 1.25 bits per heavy atom. The number of hydrogen-bond acceptors (Lipinski definition) is 4. The van der Waals surface area contributed by atoms with Gasteiger partial charge in [-0.3, -0.25) is 9.59 Å². The largest absolute Gasteiger partial charge is 0.342 e. The quantitative estimate of drug-likeness (QED) is 0.880. The zero-order chi connectivity index (χ0) is 16.4. The van der Waals surface area contributed by atoms with Crippen molar-refractivity contribution in [3.63, 3.8) is 0 Å². The van der Waals surface area contributed by atoms with Crippen molar-refractivity contribution in [2.45, 2.75) is 39.2 Å². The number of nitrogens with two attached hydrogens (primary N) is 1. The average molecular weight is 372 g/mol. The maximum Gasteiger partial charge on any atom is 0.223 e. The molecule has 1 aromatic heterocycles. The van der Waals surface area contributed by atoms with E-state index in [1.54, 1.807) is 11.3 Å². The molecule has 2 amide bonds. The molecule has 1 saturated heterocycles. The lowest BCUT2D eigenvalue weighted by molar-refractivity contribution is -0.137. The van der Waals surface area contributed by atoms with Crippen LogP contribution in [0.3, 0.4) is 0 Å². The summed E-state index contributed by atoms with van der Waals surface area (Å²) in [5.41, 5.74) is 7.09. The number of nitrogens with zero attached hydrogens (tertiary/aromatic N) is 2. The number of fused-ring (bicyclic) bond motifs is 1. The fourth-order valence-electron chi connectivity index (χ4n) is 3.39. The van der Waals surface area contributed by atoms with Crippen molar-refractivity contribution in [2.24, 2.45) is 11.1 Å². The number of likely N-dealkylation sites (tertiary alicyclic amines) is 1. The summed E-state index contributed by atoms with van der Waals surface area (Å²) >= 11 is 1.77. The number of thiophene rings is 1. The number of amides is 2. The number of hydrogen-bond donors (Lipinski definition) is 1. The second-order valence-corrected chi connectivity index (χ2v) is 8.02. The summed E-state index contributed by atoms with van der Waals surface area (Å²) in [5, 5.41) is 2.09. The first-order valence-corrected chi connectivity index (χ1v) is 9.19. The number of carbonyl (C=O) groups is 2. The van der Waals surface area contributed by atoms with E-state index in [1.807, 2.05) is 9.80 Å². The molecule has 2 aliphatic rings. The molecular weight excluding hydrogens is 346 g/mol. The van der Waals surface area contributed by atoms with Crippen molar-refractivity contribution in [1.29, 1.82) is 0 Å². The lowest BCUT2D eigenvalue weighted by atomic mass is 9.90. The Hall–Kier alpha value is -1.11. The minimum absolute atomic E-state index is 0. The van der Waals surface area contributed by atoms with Crippen LogP contribution in [-0.4, -0.2) is 47.8 Å². The van der Waals surface area contributed by atoms with Gasteiger partial charge < -0.3 is 15.5 Å². The minimum Gasteiger partial charge on any atom is -0.342 e. The summed E-state index contributed by atoms with van der Waals surface area (Å²) < 4.78 is 0. The summed E-state index contributed by atoms with van der Waals surface area (Å²) in [7, 11) is 0. The highest BCUT2D eigenvalue weighted by Crippen LogP contribution is 2.29. The maximum atomic E-state index is 12.4. The van der Waals surface area contributed by atoms with Gasteiger partial charge in [0.2, 0.25) is 11.8 Å². The van der Waals surface area contributed by atoms with Crippen molar-refractivity contribution in [3.8, 4) is 0 Å². The Morgan fingerprint density at radius 3 is 2.62 bits per heavy atom. The molecule has 2 N–H and O–H groups in total. The zero-order valence-electron chi connectivity index (χ0n) is 14.1. The molecule has 24 heavy (non-hydrogen) atoms. The summed E-state index contributed by atoms with van der Waals surface area (Å²) in [4.78, 5) is 29.8. The Balaban J connectivity index is 0.00000208. The van der Waals surface area contributed by atoms with Crippen LogP contribution >= 0.6 is 23.7 Å². The predicted molar refractivity (Wildman–Crippen MR) is 98.3 cm³/mol. The molecule has 0 spiro atoms. The molecule has 0 bridgehead atoms. The Labute approximate surface area is 153 Å². The average Bonchev–Trinajstić information content (AvgIpc) is 3.18. The van der Waals surface area contributed by atoms with E-state index in [1.165, 1.54) is 10.4 Å². The number of rotatable bonds is 4. The highest BCUT2D eigenvalue weighted by atomic mass is 35.5. The van der Waals surface area contributed by atoms with Crippen molar-refractivity contribution in [3.05, 3.63) is 21.9 Å². The Kier molecular flexibility index (Phi) is 6.28. The van der Waals surface area contributed by atoms with Crippen LogP contribution in [0.25, 0.3) is 0 Å². The first-order chi connectivity index (χ1) is 11.0.